The van der Waals surface area contributed by atoms with E-state index in [4.69, 9.17) is 0 Å². The van der Waals surface area contributed by atoms with E-state index >= 15 is 0 Å². The Balaban J connectivity index is 1.82. The third-order valence-electron chi connectivity index (χ3n) is 4.91. The largest absolute Gasteiger partial charge is 0.371 e. The molecule has 0 atom stereocenters. The van der Waals surface area contributed by atoms with E-state index in [-0.39, 0.29) is 0 Å². The van der Waals surface area contributed by atoms with Crippen LogP contribution < -0.4 is 4.90 Å². The maximum absolute atomic E-state index is 2.49. The zero-order valence-corrected chi connectivity index (χ0v) is 12.2. The van der Waals surface area contributed by atoms with E-state index in [1.807, 2.05) is 0 Å². The Hall–Kier alpha value is -1.76. The zero-order chi connectivity index (χ0) is 13.5. The van der Waals surface area contributed by atoms with Gasteiger partial charge in [0.05, 0.1) is 0 Å². The number of hydrogen-bond acceptors (Lipinski definition) is 1. The molecular formula is C19H21N. The molecule has 1 aliphatic heterocycles. The van der Waals surface area contributed by atoms with Crippen molar-refractivity contribution in [2.24, 2.45) is 0 Å². The van der Waals surface area contributed by atoms with Gasteiger partial charge in [0.15, 0.2) is 0 Å². The number of likely N-dealkylation sites (N-methyl/N-ethyl adjacent to an activating group) is 1. The first kappa shape index (κ1) is 12.0. The molecule has 0 bridgehead atoms. The van der Waals surface area contributed by atoms with Crippen molar-refractivity contribution in [2.45, 2.75) is 32.6 Å². The molecule has 1 heteroatoms. The Morgan fingerprint density at radius 2 is 1.90 bits per heavy atom. The summed E-state index contributed by atoms with van der Waals surface area (Å²) in [6.45, 7) is 4.53. The summed E-state index contributed by atoms with van der Waals surface area (Å²) < 4.78 is 0. The fraction of sp³-hybridized carbons (Fsp3) is 0.368. The van der Waals surface area contributed by atoms with Crippen LogP contribution in [-0.4, -0.2) is 13.1 Å². The molecule has 0 amide bonds. The van der Waals surface area contributed by atoms with Crippen molar-refractivity contribution in [2.75, 3.05) is 18.0 Å². The predicted molar refractivity (Wildman–Crippen MR) is 85.5 cm³/mol. The monoisotopic (exact) mass is 263 g/mol. The first-order chi connectivity index (χ1) is 9.86. The average Bonchev–Trinajstić information content (AvgIpc) is 3.12. The lowest BCUT2D eigenvalue weighted by Gasteiger charge is -2.17. The van der Waals surface area contributed by atoms with Crippen LogP contribution in [0.5, 0.6) is 0 Å². The number of fused-ring (bicyclic) bond motifs is 2. The molecule has 2 aromatic carbocycles. The van der Waals surface area contributed by atoms with Crippen LogP contribution in [0.3, 0.4) is 0 Å². The SMILES string of the molecule is CCN1CCc2c(-c3ccc4c(c3)CCC4)cccc21. The average molecular weight is 263 g/mol. The van der Waals surface area contributed by atoms with Crippen molar-refractivity contribution in [3.05, 3.63) is 53.1 Å². The Kier molecular flexibility index (Phi) is 2.80. The minimum Gasteiger partial charge on any atom is -0.371 e. The van der Waals surface area contributed by atoms with Gasteiger partial charge < -0.3 is 4.90 Å². The van der Waals surface area contributed by atoms with Crippen molar-refractivity contribution in [3.8, 4) is 11.1 Å². The summed E-state index contributed by atoms with van der Waals surface area (Å²) in [5.41, 5.74) is 9.01. The quantitative estimate of drug-likeness (QED) is 0.784. The van der Waals surface area contributed by atoms with Gasteiger partial charge in [-0.1, -0.05) is 30.3 Å². The number of hydrogen-bond donors (Lipinski definition) is 0. The molecule has 2 aliphatic rings. The van der Waals surface area contributed by atoms with E-state index in [2.05, 4.69) is 48.2 Å². The molecule has 1 heterocycles. The highest BCUT2D eigenvalue weighted by atomic mass is 15.1. The highest BCUT2D eigenvalue weighted by Gasteiger charge is 2.21. The molecule has 0 aromatic heterocycles. The van der Waals surface area contributed by atoms with Gasteiger partial charge in [-0.3, -0.25) is 0 Å². The standard InChI is InChI=1S/C19H21N/c1-2-20-12-11-18-17(7-4-8-19(18)20)16-10-9-14-5-3-6-15(14)13-16/h4,7-10,13H,2-3,5-6,11-12H2,1H3. The normalized spacial score (nSPS) is 16.4. The van der Waals surface area contributed by atoms with Gasteiger partial charge in [-0.25, -0.2) is 0 Å². The van der Waals surface area contributed by atoms with E-state index < -0.39 is 0 Å². The van der Waals surface area contributed by atoms with Crippen LogP contribution in [0.25, 0.3) is 11.1 Å². The summed E-state index contributed by atoms with van der Waals surface area (Å²) in [6, 6.07) is 13.9. The lowest BCUT2D eigenvalue weighted by atomic mass is 9.95. The maximum atomic E-state index is 2.49. The molecule has 0 unspecified atom stereocenters. The van der Waals surface area contributed by atoms with Gasteiger partial charge in [0, 0.05) is 18.8 Å². The van der Waals surface area contributed by atoms with E-state index in [9.17, 15) is 0 Å². The van der Waals surface area contributed by atoms with Crippen molar-refractivity contribution in [1.82, 2.24) is 0 Å². The van der Waals surface area contributed by atoms with Crippen molar-refractivity contribution < 1.29 is 0 Å². The summed E-state index contributed by atoms with van der Waals surface area (Å²) in [7, 11) is 0. The Labute approximate surface area is 121 Å². The molecular weight excluding hydrogens is 242 g/mol. The van der Waals surface area contributed by atoms with Crippen molar-refractivity contribution in [1.29, 1.82) is 0 Å². The first-order valence-corrected chi connectivity index (χ1v) is 7.86. The van der Waals surface area contributed by atoms with Gasteiger partial charge in [-0.05, 0) is 66.5 Å². The van der Waals surface area contributed by atoms with Crippen LogP contribution in [0.1, 0.15) is 30.0 Å². The molecule has 102 valence electrons. The maximum Gasteiger partial charge on any atom is 0.0405 e. The Bertz CT molecular complexity index is 657. The molecule has 1 nitrogen and oxygen atoms in total. The van der Waals surface area contributed by atoms with Gasteiger partial charge in [0.2, 0.25) is 0 Å². The number of aryl methyl sites for hydroxylation is 2. The van der Waals surface area contributed by atoms with Crippen molar-refractivity contribution in [3.63, 3.8) is 0 Å². The van der Waals surface area contributed by atoms with Crippen LogP contribution in [0.4, 0.5) is 5.69 Å². The number of rotatable bonds is 2. The molecule has 0 saturated heterocycles. The predicted octanol–water partition coefficient (Wildman–Crippen LogP) is 4.22. The highest BCUT2D eigenvalue weighted by molar-refractivity contribution is 5.77. The van der Waals surface area contributed by atoms with Gasteiger partial charge in [-0.15, -0.1) is 0 Å². The number of benzene rings is 2. The third-order valence-corrected chi connectivity index (χ3v) is 4.91. The molecule has 0 N–H and O–H groups in total. The van der Waals surface area contributed by atoms with E-state index in [0.29, 0.717) is 0 Å². The zero-order valence-electron chi connectivity index (χ0n) is 12.2. The van der Waals surface area contributed by atoms with Crippen LogP contribution in [0.2, 0.25) is 0 Å². The lowest BCUT2D eigenvalue weighted by molar-refractivity contribution is 0.868. The molecule has 0 fully saturated rings. The van der Waals surface area contributed by atoms with Gasteiger partial charge in [0.1, 0.15) is 0 Å². The minimum atomic E-state index is 1.11. The fourth-order valence-corrected chi connectivity index (χ4v) is 3.84. The highest BCUT2D eigenvalue weighted by Crippen LogP contribution is 2.37. The van der Waals surface area contributed by atoms with Crippen LogP contribution >= 0.6 is 0 Å². The first-order valence-electron chi connectivity index (χ1n) is 7.86. The summed E-state index contributed by atoms with van der Waals surface area (Å²) in [6.07, 6.45) is 5.05. The molecule has 20 heavy (non-hydrogen) atoms. The second kappa shape index (κ2) is 4.66. The van der Waals surface area contributed by atoms with E-state index in [1.54, 1.807) is 16.7 Å². The summed E-state index contributed by atoms with van der Waals surface area (Å²) >= 11 is 0. The van der Waals surface area contributed by atoms with Crippen LogP contribution in [0.15, 0.2) is 36.4 Å². The molecule has 0 radical (unpaired) electrons. The fourth-order valence-electron chi connectivity index (χ4n) is 3.84. The molecule has 0 saturated carbocycles. The second-order valence-corrected chi connectivity index (χ2v) is 5.97. The summed E-state index contributed by atoms with van der Waals surface area (Å²) in [5, 5.41) is 0. The Morgan fingerprint density at radius 1 is 1.00 bits per heavy atom. The number of anilines is 1. The molecule has 0 spiro atoms. The summed E-state index contributed by atoms with van der Waals surface area (Å²) in [5.74, 6) is 0. The smallest absolute Gasteiger partial charge is 0.0405 e. The van der Waals surface area contributed by atoms with Crippen LogP contribution in [-0.2, 0) is 19.3 Å². The van der Waals surface area contributed by atoms with Crippen LogP contribution in [0, 0.1) is 0 Å². The number of nitrogens with zero attached hydrogens (tertiary/aromatic N) is 1. The van der Waals surface area contributed by atoms with E-state index in [0.717, 1.165) is 6.54 Å². The molecule has 1 aliphatic carbocycles. The lowest BCUT2D eigenvalue weighted by Crippen LogP contribution is -2.18. The molecule has 2 aromatic rings. The summed E-state index contributed by atoms with van der Waals surface area (Å²) in [4.78, 5) is 2.49. The van der Waals surface area contributed by atoms with Gasteiger partial charge >= 0.3 is 0 Å². The minimum absolute atomic E-state index is 1.11. The topological polar surface area (TPSA) is 3.24 Å². The van der Waals surface area contributed by atoms with Gasteiger partial charge in [0.25, 0.3) is 0 Å². The third kappa shape index (κ3) is 1.76. The van der Waals surface area contributed by atoms with E-state index in [1.165, 1.54) is 49.0 Å². The van der Waals surface area contributed by atoms with Gasteiger partial charge in [-0.2, -0.15) is 0 Å². The molecule has 4 rings (SSSR count). The second-order valence-electron chi connectivity index (χ2n) is 5.97. The van der Waals surface area contributed by atoms with Crippen molar-refractivity contribution >= 4 is 5.69 Å². The Morgan fingerprint density at radius 3 is 2.80 bits per heavy atom.